The van der Waals surface area contributed by atoms with Crippen molar-refractivity contribution in [3.63, 3.8) is 0 Å². The molecule has 0 atom stereocenters. The van der Waals surface area contributed by atoms with Crippen LogP contribution in [-0.2, 0) is 24.9 Å². The van der Waals surface area contributed by atoms with Crippen molar-refractivity contribution in [1.29, 1.82) is 0 Å². The van der Waals surface area contributed by atoms with Gasteiger partial charge in [-0.3, -0.25) is 18.5 Å². The molecule has 1 aliphatic heterocycles. The highest BCUT2D eigenvalue weighted by atomic mass is 16.5. The normalized spacial score (nSPS) is 14.0. The first-order valence-corrected chi connectivity index (χ1v) is 7.61. The van der Waals surface area contributed by atoms with Gasteiger partial charge < -0.3 is 4.74 Å². The molecular weight excluding hydrogens is 312 g/mol. The molecule has 9 nitrogen and oxygen atoms in total. The maximum Gasteiger partial charge on any atom is 0.332 e. The first kappa shape index (κ1) is 16.2. The summed E-state index contributed by atoms with van der Waals surface area (Å²) in [4.78, 5) is 29.7. The third kappa shape index (κ3) is 2.37. The third-order valence-corrected chi connectivity index (χ3v) is 3.94. The third-order valence-electron chi connectivity index (χ3n) is 3.94. The van der Waals surface area contributed by atoms with E-state index >= 15 is 0 Å². The SMILES string of the molecule is C=CCn1c(=O)c2c(nc3n2CC(C)=NN3CCOC)n(C)c1=O. The first-order valence-electron chi connectivity index (χ1n) is 7.61. The summed E-state index contributed by atoms with van der Waals surface area (Å²) in [5.41, 5.74) is 0.816. The molecule has 0 N–H and O–H groups in total. The maximum absolute atomic E-state index is 12.8. The maximum atomic E-state index is 12.8. The van der Waals surface area contributed by atoms with Crippen molar-refractivity contribution < 1.29 is 4.74 Å². The van der Waals surface area contributed by atoms with E-state index in [9.17, 15) is 9.59 Å². The standard InChI is InChI=1S/C15H20N6O3/c1-5-6-19-13(22)11-12(18(3)15(19)23)16-14-20(11)9-10(2)17-21(14)7-8-24-4/h5H,1,6-9H2,2-4H3. The second-order valence-electron chi connectivity index (χ2n) is 5.67. The molecule has 0 bridgehead atoms. The lowest BCUT2D eigenvalue weighted by atomic mass is 10.4. The quantitative estimate of drug-likeness (QED) is 0.715. The van der Waals surface area contributed by atoms with Gasteiger partial charge in [0.2, 0.25) is 5.95 Å². The number of methoxy groups -OCH3 is 1. The summed E-state index contributed by atoms with van der Waals surface area (Å²) in [5, 5.41) is 6.17. The van der Waals surface area contributed by atoms with Crippen LogP contribution >= 0.6 is 0 Å². The van der Waals surface area contributed by atoms with E-state index in [4.69, 9.17) is 4.74 Å². The molecule has 0 spiro atoms. The van der Waals surface area contributed by atoms with Gasteiger partial charge in [0.1, 0.15) is 0 Å². The van der Waals surface area contributed by atoms with E-state index in [-0.39, 0.29) is 12.1 Å². The van der Waals surface area contributed by atoms with Crippen molar-refractivity contribution in [3.8, 4) is 0 Å². The summed E-state index contributed by atoms with van der Waals surface area (Å²) >= 11 is 0. The number of allylic oxidation sites excluding steroid dienone is 1. The predicted octanol–water partition coefficient (Wildman–Crippen LogP) is -0.0750. The van der Waals surface area contributed by atoms with Gasteiger partial charge in [-0.1, -0.05) is 6.08 Å². The number of imidazole rings is 1. The second-order valence-corrected chi connectivity index (χ2v) is 5.67. The van der Waals surface area contributed by atoms with Crippen LogP contribution in [0.1, 0.15) is 6.92 Å². The minimum Gasteiger partial charge on any atom is -0.383 e. The van der Waals surface area contributed by atoms with Crippen LogP contribution in [0.15, 0.2) is 27.3 Å². The van der Waals surface area contributed by atoms with Crippen LogP contribution in [0, 0.1) is 0 Å². The fraction of sp³-hybridized carbons (Fsp3) is 0.467. The minimum atomic E-state index is -0.413. The predicted molar refractivity (Wildman–Crippen MR) is 91.8 cm³/mol. The minimum absolute atomic E-state index is 0.155. The lowest BCUT2D eigenvalue weighted by Gasteiger charge is -2.24. The lowest BCUT2D eigenvalue weighted by Crippen LogP contribution is -2.39. The molecule has 0 unspecified atom stereocenters. The zero-order chi connectivity index (χ0) is 17.4. The van der Waals surface area contributed by atoms with Crippen molar-refractivity contribution in [2.24, 2.45) is 12.1 Å². The number of aromatic nitrogens is 4. The number of rotatable bonds is 5. The summed E-state index contributed by atoms with van der Waals surface area (Å²) in [6, 6.07) is 0. The molecule has 9 heteroatoms. The van der Waals surface area contributed by atoms with Crippen LogP contribution < -0.4 is 16.3 Å². The van der Waals surface area contributed by atoms with Crippen LogP contribution in [0.25, 0.3) is 11.2 Å². The number of anilines is 1. The Bertz CT molecular complexity index is 949. The largest absolute Gasteiger partial charge is 0.383 e. The molecule has 3 rings (SSSR count). The van der Waals surface area contributed by atoms with E-state index in [0.717, 1.165) is 10.3 Å². The van der Waals surface area contributed by atoms with Gasteiger partial charge in [-0.15, -0.1) is 6.58 Å². The van der Waals surface area contributed by atoms with Crippen LogP contribution in [-0.4, -0.2) is 44.7 Å². The van der Waals surface area contributed by atoms with Crippen LogP contribution in [0.5, 0.6) is 0 Å². The van der Waals surface area contributed by atoms with Crippen LogP contribution in [0.2, 0.25) is 0 Å². The van der Waals surface area contributed by atoms with E-state index in [1.807, 2.05) is 6.92 Å². The molecule has 0 fully saturated rings. The fourth-order valence-electron chi connectivity index (χ4n) is 2.84. The Morgan fingerprint density at radius 1 is 1.38 bits per heavy atom. The Morgan fingerprint density at radius 3 is 2.79 bits per heavy atom. The number of aryl methyl sites for hydroxylation is 1. The van der Waals surface area contributed by atoms with Crippen LogP contribution in [0.4, 0.5) is 5.95 Å². The average molecular weight is 332 g/mol. The first-order chi connectivity index (χ1) is 11.5. The molecule has 1 aliphatic rings. The van der Waals surface area contributed by atoms with Gasteiger partial charge in [0, 0.05) is 20.7 Å². The Balaban J connectivity index is 2.30. The highest BCUT2D eigenvalue weighted by molar-refractivity contribution is 5.87. The molecule has 0 saturated carbocycles. The summed E-state index contributed by atoms with van der Waals surface area (Å²) in [6.45, 7) is 7.09. The molecule has 0 saturated heterocycles. The Kier molecular flexibility index (Phi) is 4.10. The second kappa shape index (κ2) is 6.08. The van der Waals surface area contributed by atoms with Gasteiger partial charge >= 0.3 is 5.69 Å². The van der Waals surface area contributed by atoms with Crippen molar-refractivity contribution in [2.75, 3.05) is 25.3 Å². The van der Waals surface area contributed by atoms with E-state index in [2.05, 4.69) is 16.7 Å². The Hall–Kier alpha value is -2.68. The molecule has 128 valence electrons. The molecule has 2 aromatic heterocycles. The Morgan fingerprint density at radius 2 is 2.12 bits per heavy atom. The van der Waals surface area contributed by atoms with Crippen molar-refractivity contribution in [2.45, 2.75) is 20.0 Å². The molecule has 0 aromatic carbocycles. The van der Waals surface area contributed by atoms with Gasteiger partial charge in [0.05, 0.1) is 25.4 Å². The number of hydrogen-bond acceptors (Lipinski definition) is 6. The van der Waals surface area contributed by atoms with Crippen LogP contribution in [0.3, 0.4) is 0 Å². The molecule has 2 aromatic rings. The van der Waals surface area contributed by atoms with Gasteiger partial charge in [-0.2, -0.15) is 10.1 Å². The van der Waals surface area contributed by atoms with Gasteiger partial charge in [0.25, 0.3) is 5.56 Å². The van der Waals surface area contributed by atoms with E-state index in [0.29, 0.717) is 36.8 Å². The zero-order valence-corrected chi connectivity index (χ0v) is 14.0. The number of ether oxygens (including phenoxy) is 1. The van der Waals surface area contributed by atoms with Crippen molar-refractivity contribution in [3.05, 3.63) is 33.5 Å². The van der Waals surface area contributed by atoms with Gasteiger partial charge in [-0.25, -0.2) is 9.80 Å². The number of hydrogen-bond donors (Lipinski definition) is 0. The molecule has 0 aliphatic carbocycles. The number of nitrogens with zero attached hydrogens (tertiary/aromatic N) is 6. The highest BCUT2D eigenvalue weighted by Gasteiger charge is 2.26. The van der Waals surface area contributed by atoms with Gasteiger partial charge in [-0.05, 0) is 6.92 Å². The lowest BCUT2D eigenvalue weighted by molar-refractivity contribution is 0.205. The molecule has 3 heterocycles. The number of hydrazone groups is 1. The summed E-state index contributed by atoms with van der Waals surface area (Å²) in [7, 11) is 3.22. The summed E-state index contributed by atoms with van der Waals surface area (Å²) < 4.78 is 9.45. The fourth-order valence-corrected chi connectivity index (χ4v) is 2.84. The molecular formula is C15H20N6O3. The summed E-state index contributed by atoms with van der Waals surface area (Å²) in [5.74, 6) is 0.538. The van der Waals surface area contributed by atoms with Crippen molar-refractivity contribution in [1.82, 2.24) is 18.7 Å². The topological polar surface area (TPSA) is 86.7 Å². The van der Waals surface area contributed by atoms with E-state index < -0.39 is 5.69 Å². The van der Waals surface area contributed by atoms with E-state index in [1.165, 1.54) is 10.6 Å². The van der Waals surface area contributed by atoms with Crippen molar-refractivity contribution >= 4 is 22.8 Å². The van der Waals surface area contributed by atoms with Gasteiger partial charge in [0.15, 0.2) is 11.2 Å². The average Bonchev–Trinajstić information content (AvgIpc) is 2.94. The monoisotopic (exact) mass is 332 g/mol. The Labute approximate surface area is 138 Å². The molecule has 24 heavy (non-hydrogen) atoms. The molecule has 0 amide bonds. The number of fused-ring (bicyclic) bond motifs is 3. The molecule has 0 radical (unpaired) electrons. The summed E-state index contributed by atoms with van der Waals surface area (Å²) in [6.07, 6.45) is 1.53. The zero-order valence-electron chi connectivity index (χ0n) is 14.0. The van der Waals surface area contributed by atoms with E-state index in [1.54, 1.807) is 23.7 Å². The smallest absolute Gasteiger partial charge is 0.332 e. The highest BCUT2D eigenvalue weighted by Crippen LogP contribution is 2.23.